The average Bonchev–Trinajstić information content (AvgIpc) is 2.82. The molecule has 3 aromatic rings. The van der Waals surface area contributed by atoms with E-state index in [2.05, 4.69) is 27.0 Å². The van der Waals surface area contributed by atoms with Crippen molar-refractivity contribution in [2.75, 3.05) is 26.1 Å². The highest BCUT2D eigenvalue weighted by Gasteiger charge is 2.10. The fraction of sp³-hybridized carbons (Fsp3) is 0.200. The monoisotopic (exact) mass is 300 g/mol. The van der Waals surface area contributed by atoms with Gasteiger partial charge in [-0.05, 0) is 36.5 Å². The van der Waals surface area contributed by atoms with Crippen LogP contribution in [0.3, 0.4) is 0 Å². The molecule has 5 nitrogen and oxygen atoms in total. The topological polar surface area (TPSA) is 46.1 Å². The van der Waals surface area contributed by atoms with E-state index < -0.39 is 0 Å². The lowest BCUT2D eigenvalue weighted by Gasteiger charge is -2.14. The molecule has 6 heteroatoms. The molecule has 1 aromatic carbocycles. The largest absolute Gasteiger partial charge is 0.481 e. The molecular formula is C15H16N4OS. The molecule has 0 aliphatic rings. The van der Waals surface area contributed by atoms with Crippen molar-refractivity contribution in [3.63, 3.8) is 0 Å². The Bertz CT molecular complexity index is 850. The third-order valence-corrected chi connectivity index (χ3v) is 3.60. The summed E-state index contributed by atoms with van der Waals surface area (Å²) in [7, 11) is 5.62. The molecule has 3 rings (SSSR count). The summed E-state index contributed by atoms with van der Waals surface area (Å²) in [5.74, 6) is 0.564. The number of rotatable bonds is 3. The van der Waals surface area contributed by atoms with Crippen molar-refractivity contribution in [2.24, 2.45) is 0 Å². The predicted molar refractivity (Wildman–Crippen MR) is 87.1 cm³/mol. The minimum atomic E-state index is 0.564. The van der Waals surface area contributed by atoms with E-state index in [4.69, 9.17) is 17.0 Å². The van der Waals surface area contributed by atoms with Crippen LogP contribution < -0.4 is 9.64 Å². The maximum Gasteiger partial charge on any atom is 0.215 e. The number of hydrogen-bond acceptors (Lipinski definition) is 4. The number of nitrogens with one attached hydrogen (secondary N) is 1. The number of imidazole rings is 1. The summed E-state index contributed by atoms with van der Waals surface area (Å²) in [5.41, 5.74) is 3.72. The summed E-state index contributed by atoms with van der Waals surface area (Å²) in [5, 5.41) is 0. The lowest BCUT2D eigenvalue weighted by atomic mass is 10.2. The summed E-state index contributed by atoms with van der Waals surface area (Å²) >= 11 is 5.44. The first-order valence-electron chi connectivity index (χ1n) is 6.53. The van der Waals surface area contributed by atoms with Crippen LogP contribution in [0.25, 0.3) is 16.9 Å². The summed E-state index contributed by atoms with van der Waals surface area (Å²) in [6, 6.07) is 11.9. The van der Waals surface area contributed by atoms with Crippen molar-refractivity contribution in [2.45, 2.75) is 0 Å². The molecule has 0 radical (unpaired) electrons. The summed E-state index contributed by atoms with van der Waals surface area (Å²) in [6.45, 7) is 0. The van der Waals surface area contributed by atoms with E-state index in [-0.39, 0.29) is 0 Å². The number of aromatic amines is 1. The van der Waals surface area contributed by atoms with Gasteiger partial charge in [-0.15, -0.1) is 0 Å². The number of benzene rings is 1. The zero-order valence-corrected chi connectivity index (χ0v) is 12.9. The molecule has 0 atom stereocenters. The van der Waals surface area contributed by atoms with Crippen molar-refractivity contribution < 1.29 is 4.74 Å². The SMILES string of the molecule is COc1ccc2[nH]c(=S)n(-c3cccc(N(C)C)c3)c2n1. The molecule has 2 heterocycles. The highest BCUT2D eigenvalue weighted by molar-refractivity contribution is 7.71. The van der Waals surface area contributed by atoms with Crippen molar-refractivity contribution in [3.05, 3.63) is 41.2 Å². The number of nitrogens with zero attached hydrogens (tertiary/aromatic N) is 3. The maximum absolute atomic E-state index is 5.44. The van der Waals surface area contributed by atoms with Crippen LogP contribution in [-0.2, 0) is 0 Å². The second kappa shape index (κ2) is 5.21. The Morgan fingerprint density at radius 3 is 2.76 bits per heavy atom. The van der Waals surface area contributed by atoms with Crippen LogP contribution in [0.2, 0.25) is 0 Å². The van der Waals surface area contributed by atoms with Crippen LogP contribution in [0, 0.1) is 4.77 Å². The Hall–Kier alpha value is -2.34. The van der Waals surface area contributed by atoms with Gasteiger partial charge in [-0.2, -0.15) is 4.98 Å². The van der Waals surface area contributed by atoms with E-state index in [1.807, 2.05) is 42.9 Å². The number of pyridine rings is 1. The zero-order valence-electron chi connectivity index (χ0n) is 12.1. The molecule has 0 unspecified atom stereocenters. The second-order valence-corrected chi connectivity index (χ2v) is 5.29. The maximum atomic E-state index is 5.44. The molecule has 21 heavy (non-hydrogen) atoms. The van der Waals surface area contributed by atoms with E-state index in [9.17, 15) is 0 Å². The number of hydrogen-bond donors (Lipinski definition) is 1. The third-order valence-electron chi connectivity index (χ3n) is 3.32. The molecule has 0 amide bonds. The minimum absolute atomic E-state index is 0.564. The van der Waals surface area contributed by atoms with E-state index in [0.29, 0.717) is 10.7 Å². The predicted octanol–water partition coefficient (Wildman–Crippen LogP) is 3.16. The Morgan fingerprint density at radius 2 is 2.05 bits per heavy atom. The van der Waals surface area contributed by atoms with E-state index in [0.717, 1.165) is 22.5 Å². The van der Waals surface area contributed by atoms with Gasteiger partial charge in [-0.3, -0.25) is 4.57 Å². The highest BCUT2D eigenvalue weighted by Crippen LogP contribution is 2.23. The van der Waals surface area contributed by atoms with Gasteiger partial charge in [0.25, 0.3) is 0 Å². The van der Waals surface area contributed by atoms with Crippen molar-refractivity contribution in [1.29, 1.82) is 0 Å². The highest BCUT2D eigenvalue weighted by atomic mass is 32.1. The fourth-order valence-electron chi connectivity index (χ4n) is 2.23. The van der Waals surface area contributed by atoms with Crippen LogP contribution >= 0.6 is 12.2 Å². The first-order valence-corrected chi connectivity index (χ1v) is 6.94. The number of anilines is 1. The van der Waals surface area contributed by atoms with Gasteiger partial charge >= 0.3 is 0 Å². The summed E-state index contributed by atoms with van der Waals surface area (Å²) in [6.07, 6.45) is 0. The Labute approximate surface area is 127 Å². The molecule has 0 saturated carbocycles. The standard InChI is InChI=1S/C15H16N4OS/c1-18(2)10-5-4-6-11(9-10)19-14-12(16-15(19)21)7-8-13(17-14)20-3/h4-9H,1-3H3,(H,16,21). The van der Waals surface area contributed by atoms with Crippen molar-refractivity contribution >= 4 is 29.1 Å². The molecule has 0 aliphatic heterocycles. The van der Waals surface area contributed by atoms with Gasteiger partial charge in [-0.1, -0.05) is 6.07 Å². The summed E-state index contributed by atoms with van der Waals surface area (Å²) in [4.78, 5) is 9.72. The molecule has 0 aliphatic carbocycles. The molecule has 1 N–H and O–H groups in total. The molecule has 0 spiro atoms. The van der Waals surface area contributed by atoms with E-state index >= 15 is 0 Å². The average molecular weight is 300 g/mol. The quantitative estimate of drug-likeness (QED) is 0.755. The number of methoxy groups -OCH3 is 1. The van der Waals surface area contributed by atoms with Crippen LogP contribution in [0.5, 0.6) is 5.88 Å². The lowest BCUT2D eigenvalue weighted by Crippen LogP contribution is -2.09. The van der Waals surface area contributed by atoms with Crippen LogP contribution in [0.4, 0.5) is 5.69 Å². The van der Waals surface area contributed by atoms with Crippen LogP contribution in [0.15, 0.2) is 36.4 Å². The van der Waals surface area contributed by atoms with Gasteiger partial charge in [0.2, 0.25) is 5.88 Å². The Morgan fingerprint density at radius 1 is 1.24 bits per heavy atom. The van der Waals surface area contributed by atoms with Gasteiger partial charge in [0, 0.05) is 25.8 Å². The molecule has 108 valence electrons. The normalized spacial score (nSPS) is 10.8. The van der Waals surface area contributed by atoms with E-state index in [1.165, 1.54) is 0 Å². The Kier molecular flexibility index (Phi) is 3.39. The first-order chi connectivity index (χ1) is 10.1. The van der Waals surface area contributed by atoms with Crippen molar-refractivity contribution in [3.8, 4) is 11.6 Å². The van der Waals surface area contributed by atoms with Gasteiger partial charge in [0.15, 0.2) is 10.4 Å². The first kappa shape index (κ1) is 13.6. The molecular weight excluding hydrogens is 284 g/mol. The summed E-state index contributed by atoms with van der Waals surface area (Å²) < 4.78 is 7.73. The molecule has 0 saturated heterocycles. The smallest absolute Gasteiger partial charge is 0.215 e. The molecule has 2 aromatic heterocycles. The number of ether oxygens (including phenoxy) is 1. The van der Waals surface area contributed by atoms with E-state index in [1.54, 1.807) is 7.11 Å². The lowest BCUT2D eigenvalue weighted by molar-refractivity contribution is 0.399. The van der Waals surface area contributed by atoms with Gasteiger partial charge < -0.3 is 14.6 Å². The second-order valence-electron chi connectivity index (χ2n) is 4.90. The van der Waals surface area contributed by atoms with Gasteiger partial charge in [-0.25, -0.2) is 0 Å². The molecule has 0 fully saturated rings. The fourth-order valence-corrected chi connectivity index (χ4v) is 2.53. The molecule has 0 bridgehead atoms. The number of aromatic nitrogens is 3. The van der Waals surface area contributed by atoms with Crippen LogP contribution in [0.1, 0.15) is 0 Å². The Balaban J connectivity index is 2.26. The minimum Gasteiger partial charge on any atom is -0.481 e. The zero-order chi connectivity index (χ0) is 15.0. The van der Waals surface area contributed by atoms with Gasteiger partial charge in [0.1, 0.15) is 0 Å². The van der Waals surface area contributed by atoms with Crippen molar-refractivity contribution in [1.82, 2.24) is 14.5 Å². The van der Waals surface area contributed by atoms with Crippen LogP contribution in [-0.4, -0.2) is 35.7 Å². The number of fused-ring (bicyclic) bond motifs is 1. The number of H-pyrrole nitrogens is 1. The van der Waals surface area contributed by atoms with Gasteiger partial charge in [0.05, 0.1) is 18.3 Å². The third kappa shape index (κ3) is 2.38.